The summed E-state index contributed by atoms with van der Waals surface area (Å²) in [4.78, 5) is 18.3. The van der Waals surface area contributed by atoms with Crippen LogP contribution in [-0.2, 0) is 6.54 Å². The lowest BCUT2D eigenvalue weighted by Gasteiger charge is -2.17. The molecule has 1 amide bonds. The van der Waals surface area contributed by atoms with Gasteiger partial charge in [0.15, 0.2) is 0 Å². The molecule has 1 aromatic heterocycles. The van der Waals surface area contributed by atoms with Gasteiger partial charge in [0.05, 0.1) is 0 Å². The van der Waals surface area contributed by atoms with E-state index in [0.717, 1.165) is 10.0 Å². The van der Waals surface area contributed by atoms with Crippen molar-refractivity contribution in [1.29, 1.82) is 0 Å². The number of thiocarbonyl (C=S) groups is 1. The first-order valence-corrected chi connectivity index (χ1v) is 7.43. The first kappa shape index (κ1) is 15.6. The van der Waals surface area contributed by atoms with Gasteiger partial charge in [-0.05, 0) is 29.8 Å². The van der Waals surface area contributed by atoms with Gasteiger partial charge in [0.25, 0.3) is 5.91 Å². The highest BCUT2D eigenvalue weighted by atomic mass is 79.9. The second kappa shape index (κ2) is 6.78. The van der Waals surface area contributed by atoms with Crippen LogP contribution in [0.3, 0.4) is 0 Å². The topological polar surface area (TPSA) is 59.2 Å². The third-order valence-corrected chi connectivity index (χ3v) is 3.65. The lowest BCUT2D eigenvalue weighted by Crippen LogP contribution is -2.27. The lowest BCUT2D eigenvalue weighted by atomic mass is 10.2. The molecule has 0 saturated carbocycles. The van der Waals surface area contributed by atoms with Crippen LogP contribution >= 0.6 is 28.1 Å². The number of amides is 1. The Balaban J connectivity index is 2.10. The van der Waals surface area contributed by atoms with Crippen molar-refractivity contribution in [2.24, 2.45) is 5.73 Å². The number of pyridine rings is 1. The summed E-state index contributed by atoms with van der Waals surface area (Å²) in [5.41, 5.74) is 7.57. The number of halogens is 1. The van der Waals surface area contributed by atoms with E-state index in [2.05, 4.69) is 20.9 Å². The van der Waals surface area contributed by atoms with Gasteiger partial charge in [0, 0.05) is 29.8 Å². The number of hydrogen-bond acceptors (Lipinski definition) is 3. The number of carbonyl (C=O) groups is 1. The minimum absolute atomic E-state index is 0.149. The van der Waals surface area contributed by atoms with Gasteiger partial charge in [-0.1, -0.05) is 40.3 Å². The zero-order valence-corrected chi connectivity index (χ0v) is 13.8. The second-order valence-corrected chi connectivity index (χ2v) is 5.94. The number of hydrogen-bond donors (Lipinski definition) is 1. The first-order chi connectivity index (χ1) is 9.97. The number of carbonyl (C=O) groups excluding carboxylic acids is 1. The zero-order chi connectivity index (χ0) is 15.4. The van der Waals surface area contributed by atoms with Crippen LogP contribution in [0.15, 0.2) is 47.1 Å². The van der Waals surface area contributed by atoms with E-state index in [-0.39, 0.29) is 10.9 Å². The van der Waals surface area contributed by atoms with Crippen LogP contribution in [0.25, 0.3) is 0 Å². The fraction of sp³-hybridized carbons (Fsp3) is 0.133. The summed E-state index contributed by atoms with van der Waals surface area (Å²) in [6.07, 6.45) is 1.52. The van der Waals surface area contributed by atoms with Gasteiger partial charge in [-0.25, -0.2) is 0 Å². The molecule has 108 valence electrons. The van der Waals surface area contributed by atoms with Gasteiger partial charge in [-0.3, -0.25) is 9.78 Å². The summed E-state index contributed by atoms with van der Waals surface area (Å²) in [6.45, 7) is 0.511. The summed E-state index contributed by atoms with van der Waals surface area (Å²) in [5, 5.41) is 0. The van der Waals surface area contributed by atoms with Gasteiger partial charge in [0.1, 0.15) is 10.7 Å². The van der Waals surface area contributed by atoms with E-state index in [1.165, 1.54) is 6.20 Å². The van der Waals surface area contributed by atoms with Crippen LogP contribution in [0, 0.1) is 0 Å². The van der Waals surface area contributed by atoms with E-state index >= 15 is 0 Å². The van der Waals surface area contributed by atoms with Crippen LogP contribution in [0.2, 0.25) is 0 Å². The lowest BCUT2D eigenvalue weighted by molar-refractivity contribution is 0.0779. The van der Waals surface area contributed by atoms with Crippen molar-refractivity contribution in [2.75, 3.05) is 7.05 Å². The Labute approximate surface area is 137 Å². The van der Waals surface area contributed by atoms with E-state index in [4.69, 9.17) is 18.0 Å². The summed E-state index contributed by atoms with van der Waals surface area (Å²) in [7, 11) is 1.74. The molecule has 0 radical (unpaired) electrons. The van der Waals surface area contributed by atoms with Gasteiger partial charge in [0.2, 0.25) is 0 Å². The van der Waals surface area contributed by atoms with Gasteiger partial charge in [-0.15, -0.1) is 0 Å². The van der Waals surface area contributed by atoms with Crippen LogP contribution in [0.1, 0.15) is 21.6 Å². The average molecular weight is 364 g/mol. The Kier molecular flexibility index (Phi) is 5.03. The normalized spacial score (nSPS) is 10.2. The molecule has 0 unspecified atom stereocenters. The maximum Gasteiger partial charge on any atom is 0.272 e. The Morgan fingerprint density at radius 2 is 2.14 bits per heavy atom. The molecule has 0 fully saturated rings. The summed E-state index contributed by atoms with van der Waals surface area (Å²) in [6, 6.07) is 11.2. The summed E-state index contributed by atoms with van der Waals surface area (Å²) >= 11 is 8.28. The smallest absolute Gasteiger partial charge is 0.272 e. The van der Waals surface area contributed by atoms with Gasteiger partial charge in [-0.2, -0.15) is 0 Å². The molecule has 0 aliphatic heterocycles. The molecule has 1 heterocycles. The van der Waals surface area contributed by atoms with Crippen LogP contribution in [0.5, 0.6) is 0 Å². The van der Waals surface area contributed by atoms with E-state index in [9.17, 15) is 4.79 Å². The fourth-order valence-electron chi connectivity index (χ4n) is 1.84. The summed E-state index contributed by atoms with van der Waals surface area (Å²) in [5.74, 6) is -0.149. The van der Waals surface area contributed by atoms with Crippen LogP contribution in [0.4, 0.5) is 0 Å². The van der Waals surface area contributed by atoms with Crippen molar-refractivity contribution in [3.8, 4) is 0 Å². The molecule has 0 aliphatic carbocycles. The Hall–Kier alpha value is -1.79. The Morgan fingerprint density at radius 3 is 2.71 bits per heavy atom. The molecule has 0 bridgehead atoms. The van der Waals surface area contributed by atoms with Crippen LogP contribution in [-0.4, -0.2) is 27.8 Å². The van der Waals surface area contributed by atoms with Crippen molar-refractivity contribution in [2.45, 2.75) is 6.54 Å². The molecule has 0 aliphatic rings. The van der Waals surface area contributed by atoms with Gasteiger partial charge < -0.3 is 10.6 Å². The largest absolute Gasteiger partial charge is 0.389 e. The standard InChI is InChI=1S/C15H14BrN3OS/c1-19(9-10-3-2-4-12(16)7-10)15(20)13-6-5-11(8-18-13)14(17)21/h2-8H,9H2,1H3,(H2,17,21). The highest BCUT2D eigenvalue weighted by Gasteiger charge is 2.13. The number of nitrogens with two attached hydrogens (primary N) is 1. The molecule has 2 rings (SSSR count). The maximum atomic E-state index is 12.3. The number of aromatic nitrogens is 1. The van der Waals surface area contributed by atoms with E-state index in [1.807, 2.05) is 24.3 Å². The zero-order valence-electron chi connectivity index (χ0n) is 11.4. The predicted octanol–water partition coefficient (Wildman–Crippen LogP) is 2.75. The summed E-state index contributed by atoms with van der Waals surface area (Å²) < 4.78 is 0.986. The molecule has 2 N–H and O–H groups in total. The van der Waals surface area contributed by atoms with Crippen molar-refractivity contribution < 1.29 is 4.79 Å². The minimum Gasteiger partial charge on any atom is -0.389 e. The molecule has 2 aromatic rings. The molecule has 21 heavy (non-hydrogen) atoms. The third-order valence-electron chi connectivity index (χ3n) is 2.92. The molecule has 4 nitrogen and oxygen atoms in total. The maximum absolute atomic E-state index is 12.3. The monoisotopic (exact) mass is 363 g/mol. The Morgan fingerprint density at radius 1 is 1.38 bits per heavy atom. The SMILES string of the molecule is CN(Cc1cccc(Br)c1)C(=O)c1ccc(C(N)=S)cn1. The van der Waals surface area contributed by atoms with Crippen molar-refractivity contribution in [3.63, 3.8) is 0 Å². The minimum atomic E-state index is -0.149. The molecule has 0 spiro atoms. The Bertz CT molecular complexity index is 673. The molecule has 0 saturated heterocycles. The van der Waals surface area contributed by atoms with Crippen molar-refractivity contribution in [3.05, 3.63) is 63.9 Å². The third kappa shape index (κ3) is 4.09. The molecule has 0 atom stereocenters. The molecule has 6 heteroatoms. The number of nitrogens with zero attached hydrogens (tertiary/aromatic N) is 2. The second-order valence-electron chi connectivity index (χ2n) is 4.59. The highest BCUT2D eigenvalue weighted by Crippen LogP contribution is 2.14. The predicted molar refractivity (Wildman–Crippen MR) is 90.1 cm³/mol. The van der Waals surface area contributed by atoms with Crippen molar-refractivity contribution in [1.82, 2.24) is 9.88 Å². The van der Waals surface area contributed by atoms with E-state index in [1.54, 1.807) is 24.1 Å². The molecular weight excluding hydrogens is 350 g/mol. The first-order valence-electron chi connectivity index (χ1n) is 6.23. The number of benzene rings is 1. The fourth-order valence-corrected chi connectivity index (χ4v) is 2.41. The van der Waals surface area contributed by atoms with E-state index < -0.39 is 0 Å². The average Bonchev–Trinajstić information content (AvgIpc) is 2.46. The molecular formula is C15H14BrN3OS. The quantitative estimate of drug-likeness (QED) is 0.848. The van der Waals surface area contributed by atoms with E-state index in [0.29, 0.717) is 17.8 Å². The van der Waals surface area contributed by atoms with Gasteiger partial charge >= 0.3 is 0 Å². The number of rotatable bonds is 4. The van der Waals surface area contributed by atoms with Crippen molar-refractivity contribution >= 4 is 39.0 Å². The highest BCUT2D eigenvalue weighted by molar-refractivity contribution is 9.10. The van der Waals surface area contributed by atoms with Crippen LogP contribution < -0.4 is 5.73 Å². The molecule has 1 aromatic carbocycles.